The van der Waals surface area contributed by atoms with Crippen LogP contribution in [0.2, 0.25) is 5.02 Å². The summed E-state index contributed by atoms with van der Waals surface area (Å²) >= 11 is 5.84. The summed E-state index contributed by atoms with van der Waals surface area (Å²) in [6.07, 6.45) is -0.791. The van der Waals surface area contributed by atoms with Crippen LogP contribution in [0.1, 0.15) is 17.2 Å². The lowest BCUT2D eigenvalue weighted by Crippen LogP contribution is -2.47. The van der Waals surface area contributed by atoms with E-state index in [9.17, 15) is 22.0 Å². The second kappa shape index (κ2) is 9.93. The summed E-state index contributed by atoms with van der Waals surface area (Å²) < 4.78 is 60.0. The molecule has 10 heteroatoms. The lowest BCUT2D eigenvalue weighted by atomic mass is 10.1. The molecule has 0 aliphatic carbocycles. The average Bonchev–Trinajstić information content (AvgIpc) is 2.74. The minimum absolute atomic E-state index is 0.0871. The van der Waals surface area contributed by atoms with Crippen LogP contribution in [0.3, 0.4) is 0 Å². The van der Waals surface area contributed by atoms with Gasteiger partial charge in [-0.15, -0.1) is 0 Å². The number of rotatable bonds is 6. The summed E-state index contributed by atoms with van der Waals surface area (Å²) in [5.74, 6) is -1.61. The minimum Gasteiger partial charge on any atom is -0.449 e. The van der Waals surface area contributed by atoms with Crippen molar-refractivity contribution in [3.63, 3.8) is 0 Å². The molecule has 0 aromatic heterocycles. The number of amides is 1. The number of hydrogen-bond donors (Lipinski definition) is 0. The van der Waals surface area contributed by atoms with Gasteiger partial charge in [-0.1, -0.05) is 11.6 Å². The van der Waals surface area contributed by atoms with Crippen molar-refractivity contribution >= 4 is 27.5 Å². The molecule has 0 spiro atoms. The first-order chi connectivity index (χ1) is 14.7. The zero-order chi connectivity index (χ0) is 22.6. The molecule has 6 nitrogen and oxygen atoms in total. The van der Waals surface area contributed by atoms with Crippen molar-refractivity contribution in [2.45, 2.75) is 16.6 Å². The van der Waals surface area contributed by atoms with Gasteiger partial charge < -0.3 is 14.5 Å². The molecule has 1 aliphatic rings. The third kappa shape index (κ3) is 5.72. The fraction of sp³-hybridized carbons (Fsp3) is 0.381. The molecule has 1 fully saturated rings. The molecular formula is C21H23ClF2N2O4S. The number of piperazine rings is 1. The Kier molecular flexibility index (Phi) is 7.51. The van der Waals surface area contributed by atoms with E-state index >= 15 is 0 Å². The van der Waals surface area contributed by atoms with E-state index in [0.29, 0.717) is 31.2 Å². The molecule has 168 valence electrons. The maximum atomic E-state index is 14.5. The van der Waals surface area contributed by atoms with Crippen molar-refractivity contribution in [3.8, 4) is 0 Å². The van der Waals surface area contributed by atoms with Crippen LogP contribution < -0.4 is 0 Å². The molecule has 1 unspecified atom stereocenters. The predicted octanol–water partition coefficient (Wildman–Crippen LogP) is 3.91. The summed E-state index contributed by atoms with van der Waals surface area (Å²) in [7, 11) is -2.17. The van der Waals surface area contributed by atoms with E-state index in [2.05, 4.69) is 4.90 Å². The van der Waals surface area contributed by atoms with E-state index in [0.717, 1.165) is 18.2 Å². The maximum absolute atomic E-state index is 14.5. The second-order valence-corrected chi connectivity index (χ2v) is 9.91. The van der Waals surface area contributed by atoms with Crippen LogP contribution in [0.15, 0.2) is 47.4 Å². The van der Waals surface area contributed by atoms with Crippen molar-refractivity contribution in [2.24, 2.45) is 0 Å². The monoisotopic (exact) mass is 472 g/mol. The minimum atomic E-state index is -4.12. The first kappa shape index (κ1) is 23.4. The van der Waals surface area contributed by atoms with E-state index in [1.165, 1.54) is 29.2 Å². The standard InChI is InChI=1S/C21H23ClF2N2O4S/c1-25-9-11-26(12-10-25)21(27)30-13-8-20(18-14-16(23)4-7-19(18)24)31(28,29)17-5-2-15(22)3-6-17/h2-7,14,20H,8-13H2,1H3. The SMILES string of the molecule is CN1CCN(C(=O)OCCC(c2cc(F)ccc2F)S(=O)(=O)c2ccc(Cl)cc2)CC1. The van der Waals surface area contributed by atoms with Gasteiger partial charge in [0, 0.05) is 43.2 Å². The lowest BCUT2D eigenvalue weighted by Gasteiger charge is -2.31. The highest BCUT2D eigenvalue weighted by Gasteiger charge is 2.32. The quantitative estimate of drug-likeness (QED) is 0.637. The Bertz CT molecular complexity index is 1030. The highest BCUT2D eigenvalue weighted by atomic mass is 35.5. The van der Waals surface area contributed by atoms with Crippen LogP contribution in [-0.2, 0) is 14.6 Å². The Morgan fingerprint density at radius 2 is 1.74 bits per heavy atom. The van der Waals surface area contributed by atoms with Crippen molar-refractivity contribution < 1.29 is 26.7 Å². The molecule has 1 atom stereocenters. The third-order valence-electron chi connectivity index (χ3n) is 5.19. The summed E-state index contributed by atoms with van der Waals surface area (Å²) in [6, 6.07) is 8.07. The van der Waals surface area contributed by atoms with E-state index in [1.54, 1.807) is 0 Å². The van der Waals surface area contributed by atoms with Crippen LogP contribution >= 0.6 is 11.6 Å². The highest BCUT2D eigenvalue weighted by molar-refractivity contribution is 7.91. The maximum Gasteiger partial charge on any atom is 0.409 e. The molecule has 0 saturated carbocycles. The molecule has 1 saturated heterocycles. The van der Waals surface area contributed by atoms with Crippen LogP contribution in [0.4, 0.5) is 13.6 Å². The molecule has 1 aliphatic heterocycles. The molecule has 31 heavy (non-hydrogen) atoms. The summed E-state index contributed by atoms with van der Waals surface area (Å²) in [6.45, 7) is 2.15. The molecule has 0 radical (unpaired) electrons. The van der Waals surface area contributed by atoms with Gasteiger partial charge in [0.1, 0.15) is 11.6 Å². The predicted molar refractivity (Wildman–Crippen MR) is 113 cm³/mol. The van der Waals surface area contributed by atoms with Gasteiger partial charge in [0.15, 0.2) is 9.84 Å². The van der Waals surface area contributed by atoms with Gasteiger partial charge in [0.05, 0.1) is 16.8 Å². The number of sulfone groups is 1. The van der Waals surface area contributed by atoms with Crippen LogP contribution in [0.5, 0.6) is 0 Å². The van der Waals surface area contributed by atoms with Gasteiger partial charge in [-0.05, 0) is 49.5 Å². The molecule has 3 rings (SSSR count). The number of nitrogens with zero attached hydrogens (tertiary/aromatic N) is 2. The number of carbonyl (C=O) groups is 1. The Morgan fingerprint density at radius 3 is 2.39 bits per heavy atom. The third-order valence-corrected chi connectivity index (χ3v) is 7.61. The lowest BCUT2D eigenvalue weighted by molar-refractivity contribution is 0.0808. The highest BCUT2D eigenvalue weighted by Crippen LogP contribution is 2.34. The van der Waals surface area contributed by atoms with Gasteiger partial charge in [0.25, 0.3) is 0 Å². The smallest absolute Gasteiger partial charge is 0.409 e. The number of carbonyl (C=O) groups excluding carboxylic acids is 1. The molecular weight excluding hydrogens is 450 g/mol. The van der Waals surface area contributed by atoms with E-state index in [4.69, 9.17) is 16.3 Å². The fourth-order valence-corrected chi connectivity index (χ4v) is 5.25. The van der Waals surface area contributed by atoms with Crippen LogP contribution in [0, 0.1) is 11.6 Å². The van der Waals surface area contributed by atoms with Crippen molar-refractivity contribution in [3.05, 3.63) is 64.7 Å². The summed E-state index contributed by atoms with van der Waals surface area (Å²) in [5.41, 5.74) is -0.314. The Labute approximate surface area is 185 Å². The molecule has 0 bridgehead atoms. The van der Waals surface area contributed by atoms with Crippen molar-refractivity contribution in [1.82, 2.24) is 9.80 Å². The first-order valence-corrected chi connectivity index (χ1v) is 11.7. The summed E-state index contributed by atoms with van der Waals surface area (Å²) in [5, 5.41) is -1.10. The number of benzene rings is 2. The topological polar surface area (TPSA) is 66.9 Å². The second-order valence-electron chi connectivity index (χ2n) is 7.35. The van der Waals surface area contributed by atoms with E-state index < -0.39 is 32.8 Å². The zero-order valence-corrected chi connectivity index (χ0v) is 18.5. The Morgan fingerprint density at radius 1 is 1.10 bits per heavy atom. The molecule has 2 aromatic rings. The fourth-order valence-electron chi connectivity index (χ4n) is 3.36. The Balaban J connectivity index is 1.80. The normalized spacial score (nSPS) is 16.2. The summed E-state index contributed by atoms with van der Waals surface area (Å²) in [4.78, 5) is 15.8. The van der Waals surface area contributed by atoms with Gasteiger partial charge >= 0.3 is 6.09 Å². The van der Waals surface area contributed by atoms with Crippen molar-refractivity contribution in [1.29, 1.82) is 0 Å². The van der Waals surface area contributed by atoms with E-state index in [1.807, 2.05) is 7.05 Å². The molecule has 1 heterocycles. The average molecular weight is 473 g/mol. The zero-order valence-electron chi connectivity index (χ0n) is 16.9. The van der Waals surface area contributed by atoms with Crippen molar-refractivity contribution in [2.75, 3.05) is 39.8 Å². The molecule has 0 N–H and O–H groups in total. The van der Waals surface area contributed by atoms with Gasteiger partial charge in [0.2, 0.25) is 0 Å². The molecule has 2 aromatic carbocycles. The number of hydrogen-bond acceptors (Lipinski definition) is 5. The first-order valence-electron chi connectivity index (χ1n) is 9.73. The largest absolute Gasteiger partial charge is 0.449 e. The number of ether oxygens (including phenoxy) is 1. The van der Waals surface area contributed by atoms with Gasteiger partial charge in [-0.3, -0.25) is 0 Å². The van der Waals surface area contributed by atoms with E-state index in [-0.39, 0.29) is 23.5 Å². The van der Waals surface area contributed by atoms with Gasteiger partial charge in [-0.25, -0.2) is 22.0 Å². The van der Waals surface area contributed by atoms with Gasteiger partial charge in [-0.2, -0.15) is 0 Å². The number of halogens is 3. The molecule has 1 amide bonds. The number of likely N-dealkylation sites (N-methyl/N-ethyl adjacent to an activating group) is 1. The van der Waals surface area contributed by atoms with Crippen LogP contribution in [0.25, 0.3) is 0 Å². The Hall–Kier alpha value is -2.23. The van der Waals surface area contributed by atoms with Crippen LogP contribution in [-0.4, -0.2) is 64.1 Å².